The zero-order valence-electron chi connectivity index (χ0n) is 12.0. The van der Waals surface area contributed by atoms with Gasteiger partial charge in [0.1, 0.15) is 0 Å². The second-order valence-corrected chi connectivity index (χ2v) is 6.39. The molecule has 0 bridgehead atoms. The third-order valence-electron chi connectivity index (χ3n) is 3.16. The number of hydrogen-bond acceptors (Lipinski definition) is 3. The number of unbranched alkanes of at least 4 members (excludes halogenated alkanes) is 1. The molecule has 1 N–H and O–H groups in total. The van der Waals surface area contributed by atoms with Crippen LogP contribution in [-0.2, 0) is 16.7 Å². The maximum atomic E-state index is 10.9. The summed E-state index contributed by atoms with van der Waals surface area (Å²) in [6, 6.07) is 7.92. The summed E-state index contributed by atoms with van der Waals surface area (Å²) < 4.78 is 30.7. The highest BCUT2D eigenvalue weighted by Crippen LogP contribution is 2.13. The molecule has 1 aromatic carbocycles. The number of benzene rings is 1. The lowest BCUT2D eigenvalue weighted by Crippen LogP contribution is -2.30. The molecule has 0 fully saturated rings. The molecular formula is C15H23NO3S. The number of nitrogens with zero attached hydrogens (tertiary/aromatic N) is 1. The van der Waals surface area contributed by atoms with Gasteiger partial charge in [0, 0.05) is 13.1 Å². The van der Waals surface area contributed by atoms with Gasteiger partial charge in [-0.2, -0.15) is 8.42 Å². The fourth-order valence-electron chi connectivity index (χ4n) is 2.01. The van der Waals surface area contributed by atoms with E-state index in [9.17, 15) is 8.42 Å². The Labute approximate surface area is 121 Å². The van der Waals surface area contributed by atoms with E-state index in [1.165, 1.54) is 0 Å². The van der Waals surface area contributed by atoms with Gasteiger partial charge in [0.05, 0.1) is 5.75 Å². The van der Waals surface area contributed by atoms with Crippen LogP contribution in [0.3, 0.4) is 0 Å². The molecule has 0 saturated carbocycles. The Balaban J connectivity index is 2.75. The molecule has 0 aliphatic carbocycles. The van der Waals surface area contributed by atoms with Gasteiger partial charge in [-0.1, -0.05) is 50.3 Å². The molecule has 20 heavy (non-hydrogen) atoms. The second kappa shape index (κ2) is 8.19. The average Bonchev–Trinajstić information content (AvgIpc) is 2.41. The van der Waals surface area contributed by atoms with Crippen molar-refractivity contribution in [1.82, 2.24) is 4.90 Å². The summed E-state index contributed by atoms with van der Waals surface area (Å²) in [7, 11) is -3.91. The minimum atomic E-state index is -3.91. The molecule has 5 heteroatoms. The van der Waals surface area contributed by atoms with Crippen LogP contribution in [0.4, 0.5) is 0 Å². The van der Waals surface area contributed by atoms with Gasteiger partial charge in [-0.05, 0) is 24.1 Å². The van der Waals surface area contributed by atoms with Crippen LogP contribution in [0.15, 0.2) is 30.8 Å². The fourth-order valence-corrected chi connectivity index (χ4v) is 2.50. The SMILES string of the molecule is C=Cc1ccccc1CN(CCCC)CCS(=O)(=O)O. The highest BCUT2D eigenvalue weighted by atomic mass is 32.2. The molecule has 1 aromatic rings. The molecule has 112 valence electrons. The Morgan fingerprint density at radius 1 is 1.30 bits per heavy atom. The zero-order valence-corrected chi connectivity index (χ0v) is 12.8. The summed E-state index contributed by atoms with van der Waals surface area (Å²) in [6.07, 6.45) is 3.85. The predicted molar refractivity (Wildman–Crippen MR) is 83.1 cm³/mol. The molecule has 0 atom stereocenters. The van der Waals surface area contributed by atoms with E-state index >= 15 is 0 Å². The van der Waals surface area contributed by atoms with E-state index in [0.29, 0.717) is 13.1 Å². The summed E-state index contributed by atoms with van der Waals surface area (Å²) in [4.78, 5) is 2.06. The van der Waals surface area contributed by atoms with Crippen molar-refractivity contribution < 1.29 is 13.0 Å². The van der Waals surface area contributed by atoms with E-state index in [1.807, 2.05) is 24.3 Å². The van der Waals surface area contributed by atoms with Gasteiger partial charge in [0.25, 0.3) is 10.1 Å². The Kier molecular flexibility index (Phi) is 6.91. The average molecular weight is 297 g/mol. The smallest absolute Gasteiger partial charge is 0.266 e. The van der Waals surface area contributed by atoms with Gasteiger partial charge >= 0.3 is 0 Å². The van der Waals surface area contributed by atoms with Gasteiger partial charge in [-0.15, -0.1) is 0 Å². The molecule has 0 aliphatic heterocycles. The van der Waals surface area contributed by atoms with Crippen LogP contribution in [0.2, 0.25) is 0 Å². The van der Waals surface area contributed by atoms with Crippen molar-refractivity contribution >= 4 is 16.2 Å². The standard InChI is InChI=1S/C15H23NO3S/c1-3-5-10-16(11-12-20(17,18)19)13-15-9-7-6-8-14(15)4-2/h4,6-9H,2-3,5,10-13H2,1H3,(H,17,18,19). The summed E-state index contributed by atoms with van der Waals surface area (Å²) in [5.74, 6) is -0.229. The molecule has 0 unspecified atom stereocenters. The number of hydrogen-bond donors (Lipinski definition) is 1. The van der Waals surface area contributed by atoms with Gasteiger partial charge < -0.3 is 0 Å². The maximum absolute atomic E-state index is 10.9. The molecule has 0 aliphatic rings. The topological polar surface area (TPSA) is 57.6 Å². The maximum Gasteiger partial charge on any atom is 0.266 e. The minimum Gasteiger partial charge on any atom is -0.298 e. The second-order valence-electron chi connectivity index (χ2n) is 4.82. The fraction of sp³-hybridized carbons (Fsp3) is 0.467. The third kappa shape index (κ3) is 6.32. The van der Waals surface area contributed by atoms with Crippen molar-refractivity contribution in [3.63, 3.8) is 0 Å². The van der Waals surface area contributed by atoms with Crippen LogP contribution in [0.1, 0.15) is 30.9 Å². The van der Waals surface area contributed by atoms with Crippen molar-refractivity contribution in [2.45, 2.75) is 26.3 Å². The molecule has 0 amide bonds. The summed E-state index contributed by atoms with van der Waals surface area (Å²) >= 11 is 0. The molecule has 0 aromatic heterocycles. The number of rotatable bonds is 9. The van der Waals surface area contributed by atoms with E-state index in [-0.39, 0.29) is 5.75 Å². The molecule has 0 heterocycles. The Hall–Kier alpha value is -1.17. The summed E-state index contributed by atoms with van der Waals surface area (Å²) in [5.41, 5.74) is 2.18. The summed E-state index contributed by atoms with van der Waals surface area (Å²) in [6.45, 7) is 7.71. The van der Waals surface area contributed by atoms with Gasteiger partial charge in [-0.25, -0.2) is 0 Å². The van der Waals surface area contributed by atoms with E-state index in [1.54, 1.807) is 6.08 Å². The van der Waals surface area contributed by atoms with Crippen molar-refractivity contribution in [3.8, 4) is 0 Å². The Morgan fingerprint density at radius 2 is 2.00 bits per heavy atom. The van der Waals surface area contributed by atoms with Crippen LogP contribution in [0.5, 0.6) is 0 Å². The van der Waals surface area contributed by atoms with Crippen LogP contribution >= 0.6 is 0 Å². The first-order valence-corrected chi connectivity index (χ1v) is 8.45. The molecule has 0 radical (unpaired) electrons. The molecule has 1 rings (SSSR count). The van der Waals surface area contributed by atoms with E-state index in [0.717, 1.165) is 30.5 Å². The van der Waals surface area contributed by atoms with Gasteiger partial charge in [0.2, 0.25) is 0 Å². The van der Waals surface area contributed by atoms with Crippen LogP contribution in [0, 0.1) is 0 Å². The predicted octanol–water partition coefficient (Wildman–Crippen LogP) is 2.82. The quantitative estimate of drug-likeness (QED) is 0.712. The monoisotopic (exact) mass is 297 g/mol. The highest BCUT2D eigenvalue weighted by molar-refractivity contribution is 7.85. The molecule has 0 spiro atoms. The largest absolute Gasteiger partial charge is 0.298 e. The first-order chi connectivity index (χ1) is 9.46. The zero-order chi connectivity index (χ0) is 15.0. The van der Waals surface area contributed by atoms with Crippen molar-refractivity contribution in [2.24, 2.45) is 0 Å². The third-order valence-corrected chi connectivity index (χ3v) is 3.86. The lowest BCUT2D eigenvalue weighted by Gasteiger charge is -2.22. The minimum absolute atomic E-state index is 0.229. The van der Waals surface area contributed by atoms with Crippen LogP contribution < -0.4 is 0 Å². The lowest BCUT2D eigenvalue weighted by molar-refractivity contribution is 0.274. The van der Waals surface area contributed by atoms with E-state index in [4.69, 9.17) is 4.55 Å². The Bertz CT molecular complexity index is 526. The molecule has 0 saturated heterocycles. The van der Waals surface area contributed by atoms with Crippen molar-refractivity contribution in [2.75, 3.05) is 18.8 Å². The summed E-state index contributed by atoms with van der Waals surface area (Å²) in [5, 5.41) is 0. The molecule has 4 nitrogen and oxygen atoms in total. The lowest BCUT2D eigenvalue weighted by atomic mass is 10.1. The molecular weight excluding hydrogens is 274 g/mol. The first kappa shape index (κ1) is 16.9. The highest BCUT2D eigenvalue weighted by Gasteiger charge is 2.12. The normalized spacial score (nSPS) is 11.8. The van der Waals surface area contributed by atoms with Crippen molar-refractivity contribution in [1.29, 1.82) is 0 Å². The first-order valence-electron chi connectivity index (χ1n) is 6.84. The van der Waals surface area contributed by atoms with Gasteiger partial charge in [-0.3, -0.25) is 9.45 Å². The van der Waals surface area contributed by atoms with Gasteiger partial charge in [0.15, 0.2) is 0 Å². The Morgan fingerprint density at radius 3 is 2.60 bits per heavy atom. The van der Waals surface area contributed by atoms with Crippen LogP contribution in [-0.4, -0.2) is 36.7 Å². The van der Waals surface area contributed by atoms with Crippen molar-refractivity contribution in [3.05, 3.63) is 42.0 Å². The van der Waals surface area contributed by atoms with E-state index in [2.05, 4.69) is 18.4 Å². The van der Waals surface area contributed by atoms with Crippen LogP contribution in [0.25, 0.3) is 6.08 Å². The van der Waals surface area contributed by atoms with E-state index < -0.39 is 10.1 Å².